The van der Waals surface area contributed by atoms with Crippen LogP contribution in [0, 0.1) is 0 Å². The van der Waals surface area contributed by atoms with Crippen molar-refractivity contribution in [3.63, 3.8) is 0 Å². The van der Waals surface area contributed by atoms with Crippen molar-refractivity contribution >= 4 is 33.4 Å². The second-order valence-corrected chi connectivity index (χ2v) is 10.9. The van der Waals surface area contributed by atoms with Crippen molar-refractivity contribution in [1.29, 1.82) is 0 Å². The summed E-state index contributed by atoms with van der Waals surface area (Å²) < 4.78 is 10.7. The van der Waals surface area contributed by atoms with Crippen LogP contribution in [0.1, 0.15) is 19.8 Å². The van der Waals surface area contributed by atoms with E-state index in [0.717, 1.165) is 0 Å². The fraction of sp³-hybridized carbons (Fsp3) is 0.474. The summed E-state index contributed by atoms with van der Waals surface area (Å²) >= 11 is 0. The maximum absolute atomic E-state index is 14.0. The molecular formula is C19H18N2O6S2. The summed E-state index contributed by atoms with van der Waals surface area (Å²) in [5.74, 6) is -0.457. The van der Waals surface area contributed by atoms with E-state index in [1.165, 1.54) is 58.8 Å². The standard InChI is InChI=1S/C19H18N2O6S2/c1-17-11(9-27-5-3-13(17)23)7-19-15(24)20-14-10(8-26-4-2-12(14)22)6-18(20,28-29-19)16(25)21(17)19/h2-5,8-9,12-14,22-23H,6-7H2,1H3/t12-,13-,14-,17-,18+,19+/m0/s1. The fourth-order valence-electron chi connectivity index (χ4n) is 5.37. The lowest BCUT2D eigenvalue weighted by Gasteiger charge is -2.60. The zero-order valence-corrected chi connectivity index (χ0v) is 17.0. The predicted octanol–water partition coefficient (Wildman–Crippen LogP) is 0.957. The quantitative estimate of drug-likeness (QED) is 0.544. The van der Waals surface area contributed by atoms with Gasteiger partial charge in [-0.15, -0.1) is 0 Å². The molecule has 2 N–H and O–H groups in total. The lowest BCUT2D eigenvalue weighted by molar-refractivity contribution is -0.172. The van der Waals surface area contributed by atoms with E-state index in [4.69, 9.17) is 9.47 Å². The van der Waals surface area contributed by atoms with Crippen LogP contribution in [0.4, 0.5) is 0 Å². The number of aliphatic hydroxyl groups is 2. The Kier molecular flexibility index (Phi) is 3.35. The summed E-state index contributed by atoms with van der Waals surface area (Å²) in [7, 11) is 2.73. The number of carbonyl (C=O) groups excluding carboxylic acids is 2. The van der Waals surface area contributed by atoms with E-state index in [1.54, 1.807) is 16.7 Å². The number of hydrogen-bond donors (Lipinski definition) is 2. The van der Waals surface area contributed by atoms with Crippen molar-refractivity contribution in [3.05, 3.63) is 48.3 Å². The number of hydrogen-bond acceptors (Lipinski definition) is 8. The fourth-order valence-corrected chi connectivity index (χ4v) is 9.11. The highest BCUT2D eigenvalue weighted by atomic mass is 33.1. The van der Waals surface area contributed by atoms with Crippen LogP contribution in [0.5, 0.6) is 0 Å². The third-order valence-corrected chi connectivity index (χ3v) is 10.4. The molecular weight excluding hydrogens is 416 g/mol. The van der Waals surface area contributed by atoms with E-state index in [0.29, 0.717) is 11.1 Å². The molecule has 7 aliphatic heterocycles. The van der Waals surface area contributed by atoms with Crippen molar-refractivity contribution in [2.24, 2.45) is 0 Å². The van der Waals surface area contributed by atoms with E-state index in [2.05, 4.69) is 0 Å². The Morgan fingerprint density at radius 3 is 2.59 bits per heavy atom. The molecule has 0 unspecified atom stereocenters. The Balaban J connectivity index is 1.55. The number of ether oxygens (including phenoxy) is 2. The second-order valence-electron chi connectivity index (χ2n) is 8.20. The van der Waals surface area contributed by atoms with Crippen LogP contribution in [0.3, 0.4) is 0 Å². The summed E-state index contributed by atoms with van der Waals surface area (Å²) in [5, 5.41) is 21.6. The average molecular weight is 434 g/mol. The number of carbonyl (C=O) groups is 2. The van der Waals surface area contributed by atoms with Gasteiger partial charge in [0.05, 0.1) is 42.7 Å². The van der Waals surface area contributed by atoms with Gasteiger partial charge in [0.25, 0.3) is 11.8 Å². The van der Waals surface area contributed by atoms with Crippen LogP contribution < -0.4 is 0 Å². The van der Waals surface area contributed by atoms with Crippen LogP contribution >= 0.6 is 21.6 Å². The molecule has 152 valence electrons. The van der Waals surface area contributed by atoms with Crippen molar-refractivity contribution in [2.75, 3.05) is 0 Å². The Morgan fingerprint density at radius 2 is 1.76 bits per heavy atom. The van der Waals surface area contributed by atoms with Gasteiger partial charge in [-0.25, -0.2) is 0 Å². The van der Waals surface area contributed by atoms with Crippen molar-refractivity contribution in [2.45, 2.75) is 53.3 Å². The zero-order valence-electron chi connectivity index (χ0n) is 15.3. The molecule has 29 heavy (non-hydrogen) atoms. The van der Waals surface area contributed by atoms with Gasteiger partial charge in [-0.2, -0.15) is 0 Å². The first-order valence-corrected chi connectivity index (χ1v) is 11.5. The molecule has 0 aromatic rings. The molecule has 7 rings (SSSR count). The van der Waals surface area contributed by atoms with Gasteiger partial charge in [0, 0.05) is 12.8 Å². The molecule has 2 amide bonds. The Bertz CT molecular complexity index is 978. The third kappa shape index (κ3) is 1.83. The molecule has 10 heteroatoms. The van der Waals surface area contributed by atoms with Gasteiger partial charge in [-0.3, -0.25) is 9.59 Å². The first-order chi connectivity index (χ1) is 13.9. The molecule has 0 aromatic carbocycles. The molecule has 5 saturated heterocycles. The summed E-state index contributed by atoms with van der Waals surface area (Å²) in [6.07, 6.45) is 7.38. The summed E-state index contributed by atoms with van der Waals surface area (Å²) in [5.41, 5.74) is 0.324. The Hall–Kier alpha value is -1.88. The van der Waals surface area contributed by atoms with Crippen LogP contribution in [-0.4, -0.2) is 65.4 Å². The van der Waals surface area contributed by atoms with Crippen LogP contribution in [0.25, 0.3) is 0 Å². The highest BCUT2D eigenvalue weighted by Gasteiger charge is 2.79. The lowest BCUT2D eigenvalue weighted by atomic mass is 9.87. The highest BCUT2D eigenvalue weighted by molar-refractivity contribution is 8.78. The number of nitrogens with zero attached hydrogens (tertiary/aromatic N) is 2. The predicted molar refractivity (Wildman–Crippen MR) is 104 cm³/mol. The second kappa shape index (κ2) is 5.42. The van der Waals surface area contributed by atoms with Gasteiger partial charge in [-0.05, 0) is 30.2 Å². The lowest BCUT2D eigenvalue weighted by Crippen LogP contribution is -2.78. The first kappa shape index (κ1) is 17.9. The molecule has 2 spiro atoms. The van der Waals surface area contributed by atoms with Crippen LogP contribution in [-0.2, 0) is 19.1 Å². The van der Waals surface area contributed by atoms with Crippen molar-refractivity contribution in [1.82, 2.24) is 9.80 Å². The van der Waals surface area contributed by atoms with E-state index < -0.39 is 33.5 Å². The average Bonchev–Trinajstić information content (AvgIpc) is 3.05. The minimum atomic E-state index is -1.19. The summed E-state index contributed by atoms with van der Waals surface area (Å²) in [6.45, 7) is 1.78. The zero-order chi connectivity index (χ0) is 20.2. The topological polar surface area (TPSA) is 99.5 Å². The SMILES string of the molecule is C[C@]12C(=COC=C[C@@H]1O)C[C@@]13SS[C@]4(CC5=COC=C[C@H](O)[C@H]5N4C1=O)C(=O)N23. The van der Waals surface area contributed by atoms with E-state index in [1.807, 2.05) is 0 Å². The molecule has 8 nitrogen and oxygen atoms in total. The highest BCUT2D eigenvalue weighted by Crippen LogP contribution is 2.70. The molecule has 6 atom stereocenters. The number of amides is 2. The minimum Gasteiger partial charge on any atom is -0.473 e. The van der Waals surface area contributed by atoms with E-state index >= 15 is 0 Å². The molecule has 0 aromatic heterocycles. The maximum Gasteiger partial charge on any atom is 0.262 e. The molecule has 7 aliphatic rings. The molecule has 0 radical (unpaired) electrons. The van der Waals surface area contributed by atoms with Gasteiger partial charge in [0.2, 0.25) is 0 Å². The normalized spacial score (nSPS) is 46.7. The maximum atomic E-state index is 14.0. The van der Waals surface area contributed by atoms with Gasteiger partial charge >= 0.3 is 0 Å². The molecule has 0 aliphatic carbocycles. The third-order valence-electron chi connectivity index (χ3n) is 6.83. The number of fused-ring (bicyclic) bond motifs is 3. The number of aliphatic hydroxyl groups excluding tert-OH is 2. The van der Waals surface area contributed by atoms with E-state index in [-0.39, 0.29) is 24.7 Å². The van der Waals surface area contributed by atoms with Gasteiger partial charge in [-0.1, -0.05) is 21.6 Å². The molecule has 5 fully saturated rings. The largest absolute Gasteiger partial charge is 0.473 e. The van der Waals surface area contributed by atoms with Crippen LogP contribution in [0.2, 0.25) is 0 Å². The first-order valence-electron chi connectivity index (χ1n) is 9.30. The van der Waals surface area contributed by atoms with Crippen molar-refractivity contribution in [3.8, 4) is 0 Å². The summed E-state index contributed by atoms with van der Waals surface area (Å²) in [6, 6.07) is -0.647. The molecule has 2 bridgehead atoms. The Morgan fingerprint density at radius 1 is 1.03 bits per heavy atom. The van der Waals surface area contributed by atoms with Crippen molar-refractivity contribution < 1.29 is 29.3 Å². The van der Waals surface area contributed by atoms with Gasteiger partial charge in [0.1, 0.15) is 6.10 Å². The van der Waals surface area contributed by atoms with Gasteiger partial charge < -0.3 is 29.5 Å². The summed E-state index contributed by atoms with van der Waals surface area (Å²) in [4.78, 5) is 28.7. The number of rotatable bonds is 0. The van der Waals surface area contributed by atoms with Gasteiger partial charge in [0.15, 0.2) is 9.74 Å². The van der Waals surface area contributed by atoms with E-state index in [9.17, 15) is 19.8 Å². The smallest absolute Gasteiger partial charge is 0.262 e. The monoisotopic (exact) mass is 434 g/mol. The minimum absolute atomic E-state index is 0.227. The molecule has 7 heterocycles. The van der Waals surface area contributed by atoms with Crippen LogP contribution in [0.15, 0.2) is 48.3 Å². The Labute approximate surface area is 174 Å². The number of piperazine rings is 1. The molecule has 0 saturated carbocycles.